The lowest BCUT2D eigenvalue weighted by atomic mass is 9.49. The Labute approximate surface area is 294 Å². The Hall–Kier alpha value is -4.14. The molecule has 1 atom stereocenters. The van der Waals surface area contributed by atoms with Crippen LogP contribution in [0, 0.1) is 23.3 Å². The van der Waals surface area contributed by atoms with Gasteiger partial charge in [-0.25, -0.2) is 9.83 Å². The molecule has 1 saturated heterocycles. The van der Waals surface area contributed by atoms with E-state index in [0.29, 0.717) is 34.4 Å². The van der Waals surface area contributed by atoms with Crippen LogP contribution >= 0.6 is 11.6 Å². The summed E-state index contributed by atoms with van der Waals surface area (Å²) in [6.07, 6.45) is 2.19. The van der Waals surface area contributed by atoms with Gasteiger partial charge in [-0.2, -0.15) is 0 Å². The molecule has 1 saturated carbocycles. The molecule has 12 heteroatoms. The van der Waals surface area contributed by atoms with Crippen LogP contribution in [-0.4, -0.2) is 78.4 Å². The average molecular weight is 691 g/mol. The first-order valence-electron chi connectivity index (χ1n) is 17.0. The summed E-state index contributed by atoms with van der Waals surface area (Å²) < 4.78 is 17.1. The van der Waals surface area contributed by atoms with Crippen molar-refractivity contribution in [2.24, 2.45) is 16.7 Å². The van der Waals surface area contributed by atoms with Crippen LogP contribution in [0.1, 0.15) is 76.2 Å². The molecular weight excluding hydrogens is 644 g/mol. The number of pyridine rings is 1. The molecule has 2 aliphatic rings. The van der Waals surface area contributed by atoms with E-state index in [0.717, 1.165) is 50.7 Å². The molecule has 3 heterocycles. The first kappa shape index (κ1) is 36.1. The van der Waals surface area contributed by atoms with Crippen LogP contribution < -0.4 is 15.0 Å². The number of ether oxygens (including phenoxy) is 2. The molecule has 1 aliphatic carbocycles. The second-order valence-electron chi connectivity index (χ2n) is 14.5. The van der Waals surface area contributed by atoms with Crippen molar-refractivity contribution in [3.05, 3.63) is 76.1 Å². The third kappa shape index (κ3) is 7.71. The molecule has 3 aromatic rings. The maximum absolute atomic E-state index is 13.4. The predicted molar refractivity (Wildman–Crippen MR) is 188 cm³/mol. The maximum atomic E-state index is 13.4. The molecule has 2 aromatic heterocycles. The number of esters is 1. The summed E-state index contributed by atoms with van der Waals surface area (Å²) in [7, 11) is 0. The van der Waals surface area contributed by atoms with E-state index in [2.05, 4.69) is 57.8 Å². The molecule has 0 spiro atoms. The molecule has 262 valence electrons. The number of nitrogens with zero attached hydrogens (tertiary/aromatic N) is 5. The van der Waals surface area contributed by atoms with E-state index in [1.165, 1.54) is 0 Å². The number of benzene rings is 1. The number of piperazine rings is 1. The van der Waals surface area contributed by atoms with Gasteiger partial charge in [0, 0.05) is 68.3 Å². The fourth-order valence-electron chi connectivity index (χ4n) is 7.52. The predicted octanol–water partition coefficient (Wildman–Crippen LogP) is 6.55. The number of carbonyl (C=O) groups excluding carboxylic acids is 2. The number of rotatable bonds is 12. The summed E-state index contributed by atoms with van der Waals surface area (Å²) in [6, 6.07) is 10.6. The van der Waals surface area contributed by atoms with Gasteiger partial charge in [0.05, 0.1) is 29.5 Å². The van der Waals surface area contributed by atoms with Crippen LogP contribution in [0.3, 0.4) is 0 Å². The van der Waals surface area contributed by atoms with Gasteiger partial charge < -0.3 is 24.2 Å². The van der Waals surface area contributed by atoms with Crippen molar-refractivity contribution in [1.82, 2.24) is 20.4 Å². The smallest absolute Gasteiger partial charge is 0.317 e. The second-order valence-corrected chi connectivity index (χ2v) is 14.9. The number of hydrogen-bond acceptors (Lipinski definition) is 9. The van der Waals surface area contributed by atoms with Crippen LogP contribution in [-0.2, 0) is 16.0 Å². The van der Waals surface area contributed by atoms with E-state index in [1.807, 2.05) is 32.0 Å². The number of aromatic nitrogens is 2. The van der Waals surface area contributed by atoms with E-state index in [-0.39, 0.29) is 40.8 Å². The van der Waals surface area contributed by atoms with Crippen molar-refractivity contribution in [2.75, 3.05) is 44.2 Å². The molecule has 1 aromatic carbocycles. The van der Waals surface area contributed by atoms with E-state index in [1.54, 1.807) is 31.3 Å². The highest BCUT2D eigenvalue weighted by atomic mass is 35.5. The number of carbonyl (C=O) groups is 2. The first-order valence-corrected chi connectivity index (χ1v) is 17.3. The third-order valence-electron chi connectivity index (χ3n) is 9.89. The molecule has 1 amide bonds. The van der Waals surface area contributed by atoms with Gasteiger partial charge in [0.15, 0.2) is 5.76 Å². The highest BCUT2D eigenvalue weighted by molar-refractivity contribution is 6.33. The van der Waals surface area contributed by atoms with Crippen molar-refractivity contribution in [2.45, 2.75) is 73.0 Å². The van der Waals surface area contributed by atoms with Crippen LogP contribution in [0.2, 0.25) is 5.02 Å². The summed E-state index contributed by atoms with van der Waals surface area (Å²) in [5.41, 5.74) is 1.01. The Balaban J connectivity index is 1.10. The van der Waals surface area contributed by atoms with Crippen molar-refractivity contribution in [3.63, 3.8) is 0 Å². The highest BCUT2D eigenvalue weighted by Gasteiger charge is 2.64. The Morgan fingerprint density at radius 2 is 1.82 bits per heavy atom. The van der Waals surface area contributed by atoms with Crippen molar-refractivity contribution >= 4 is 35.0 Å². The summed E-state index contributed by atoms with van der Waals surface area (Å²) in [4.78, 5) is 38.5. The SMILES string of the molecule is [C-]#[N+]c1ccc(OC2C(C)(C)C(NC(=O)c3ccc(N4CCN(CCc5cc(C(C(=O)OCC)C(C)C)on5)CC4)nc3)C2(C)C)cc1Cl. The maximum Gasteiger partial charge on any atom is 0.317 e. The molecular formula is C37H47ClN6O5. The molecule has 1 N–H and O–H groups in total. The lowest BCUT2D eigenvalue weighted by Crippen LogP contribution is -2.74. The molecule has 1 unspecified atom stereocenters. The van der Waals surface area contributed by atoms with Crippen LogP contribution in [0.15, 0.2) is 47.1 Å². The minimum Gasteiger partial charge on any atom is -0.489 e. The second kappa shape index (κ2) is 14.8. The summed E-state index contributed by atoms with van der Waals surface area (Å²) in [5, 5.41) is 7.81. The Morgan fingerprint density at radius 1 is 1.10 bits per heavy atom. The van der Waals surface area contributed by atoms with Crippen LogP contribution in [0.5, 0.6) is 5.75 Å². The quantitative estimate of drug-likeness (QED) is 0.167. The molecule has 2 fully saturated rings. The number of nitrogens with one attached hydrogen (secondary N) is 1. The van der Waals surface area contributed by atoms with Crippen molar-refractivity contribution < 1.29 is 23.6 Å². The van der Waals surface area contributed by atoms with E-state index < -0.39 is 5.92 Å². The molecule has 49 heavy (non-hydrogen) atoms. The minimum atomic E-state index is -0.458. The van der Waals surface area contributed by atoms with E-state index in [9.17, 15) is 9.59 Å². The number of hydrogen-bond donors (Lipinski definition) is 1. The minimum absolute atomic E-state index is 0.0448. The van der Waals surface area contributed by atoms with Gasteiger partial charge in [0.2, 0.25) is 5.69 Å². The summed E-state index contributed by atoms with van der Waals surface area (Å²) >= 11 is 6.24. The zero-order valence-electron chi connectivity index (χ0n) is 29.5. The third-order valence-corrected chi connectivity index (χ3v) is 10.2. The zero-order chi connectivity index (χ0) is 35.5. The Bertz CT molecular complexity index is 1660. The lowest BCUT2D eigenvalue weighted by Gasteiger charge is -2.63. The Morgan fingerprint density at radius 3 is 2.41 bits per heavy atom. The van der Waals surface area contributed by atoms with Gasteiger partial charge in [-0.15, -0.1) is 0 Å². The van der Waals surface area contributed by atoms with Gasteiger partial charge in [-0.05, 0) is 37.1 Å². The van der Waals surface area contributed by atoms with E-state index >= 15 is 0 Å². The van der Waals surface area contributed by atoms with Gasteiger partial charge in [0.25, 0.3) is 5.91 Å². The standard InChI is InChI=1S/C37H47ClN6O5/c1-9-47-33(46)31(23(2)3)29-20-25(42-49-29)14-15-43-16-18-44(19-17-43)30-13-10-24(22-40-30)32(45)41-34-36(4,5)35(37(34,6)7)48-26-11-12-28(39-8)27(38)21-26/h10-13,20-23,31,34-35H,9,14-19H2,1-7H3,(H,41,45). The largest absolute Gasteiger partial charge is 0.489 e. The summed E-state index contributed by atoms with van der Waals surface area (Å²) in [5.74, 6) is 1.14. The van der Waals surface area contributed by atoms with Gasteiger partial charge in [-0.3, -0.25) is 14.5 Å². The Kier molecular flexibility index (Phi) is 10.9. The number of anilines is 1. The van der Waals surface area contributed by atoms with Crippen LogP contribution in [0.4, 0.5) is 11.5 Å². The van der Waals surface area contributed by atoms with Gasteiger partial charge in [-0.1, -0.05) is 64.4 Å². The fourth-order valence-corrected chi connectivity index (χ4v) is 7.74. The van der Waals surface area contributed by atoms with E-state index in [4.69, 9.17) is 32.2 Å². The van der Waals surface area contributed by atoms with Gasteiger partial charge >= 0.3 is 5.97 Å². The molecule has 11 nitrogen and oxygen atoms in total. The number of halogens is 1. The monoisotopic (exact) mass is 690 g/mol. The molecule has 0 radical (unpaired) electrons. The van der Waals surface area contributed by atoms with Crippen LogP contribution in [0.25, 0.3) is 4.85 Å². The fraction of sp³-hybridized carbons (Fsp3) is 0.541. The summed E-state index contributed by atoms with van der Waals surface area (Å²) in [6.45, 7) is 25.8. The molecule has 1 aliphatic heterocycles. The molecule has 0 bridgehead atoms. The number of amides is 1. The molecule has 5 rings (SSSR count). The highest BCUT2D eigenvalue weighted by Crippen LogP contribution is 2.55. The normalized spacial score (nSPS) is 20.6. The lowest BCUT2D eigenvalue weighted by molar-refractivity contribution is -0.164. The first-order chi connectivity index (χ1) is 23.3. The van der Waals surface area contributed by atoms with Crippen molar-refractivity contribution in [1.29, 1.82) is 0 Å². The topological polar surface area (TPSA) is 114 Å². The average Bonchev–Trinajstić information content (AvgIpc) is 3.53. The van der Waals surface area contributed by atoms with Crippen molar-refractivity contribution in [3.8, 4) is 5.75 Å². The zero-order valence-corrected chi connectivity index (χ0v) is 30.2. The van der Waals surface area contributed by atoms with Gasteiger partial charge in [0.1, 0.15) is 23.6 Å².